The van der Waals surface area contributed by atoms with Gasteiger partial charge in [0.15, 0.2) is 17.8 Å². The van der Waals surface area contributed by atoms with Gasteiger partial charge in [0.05, 0.1) is 19.8 Å². The molecule has 0 spiro atoms. The molecule has 2 atom stereocenters. The highest BCUT2D eigenvalue weighted by atomic mass is 16.7. The van der Waals surface area contributed by atoms with E-state index in [9.17, 15) is 4.79 Å². The molecule has 0 aromatic heterocycles. The topological polar surface area (TPSA) is 63.7 Å². The van der Waals surface area contributed by atoms with Crippen molar-refractivity contribution in [2.75, 3.05) is 66.8 Å². The Kier molecular flexibility index (Phi) is 9.66. The Morgan fingerprint density at radius 1 is 1.03 bits per heavy atom. The summed E-state index contributed by atoms with van der Waals surface area (Å²) in [6, 6.07) is 6.61. The van der Waals surface area contributed by atoms with Crippen LogP contribution in [0, 0.1) is 0 Å². The van der Waals surface area contributed by atoms with Crippen LogP contribution in [-0.2, 0) is 14.3 Å². The molecular weight excluding hydrogens is 446 g/mol. The van der Waals surface area contributed by atoms with Crippen LogP contribution in [0.2, 0.25) is 0 Å². The van der Waals surface area contributed by atoms with E-state index in [2.05, 4.69) is 47.9 Å². The van der Waals surface area contributed by atoms with Gasteiger partial charge in [-0.05, 0) is 76.4 Å². The second kappa shape index (κ2) is 12.9. The summed E-state index contributed by atoms with van der Waals surface area (Å²) < 4.78 is 22.5. The largest absolute Gasteiger partial charge is 0.454 e. The molecule has 196 valence electrons. The number of amides is 1. The summed E-state index contributed by atoms with van der Waals surface area (Å²) in [5.41, 5.74) is 1.26. The van der Waals surface area contributed by atoms with Crippen LogP contribution in [0.1, 0.15) is 56.9 Å². The summed E-state index contributed by atoms with van der Waals surface area (Å²) in [4.78, 5) is 20.1. The van der Waals surface area contributed by atoms with Gasteiger partial charge >= 0.3 is 0 Å². The molecule has 0 unspecified atom stereocenters. The van der Waals surface area contributed by atoms with E-state index in [1.54, 1.807) is 0 Å². The van der Waals surface area contributed by atoms with Crippen molar-refractivity contribution in [1.82, 2.24) is 14.7 Å². The fraction of sp³-hybridized carbons (Fsp3) is 0.741. The average molecular weight is 490 g/mol. The minimum Gasteiger partial charge on any atom is -0.454 e. The highest BCUT2D eigenvalue weighted by Crippen LogP contribution is 2.39. The number of fused-ring (bicyclic) bond motifs is 1. The maximum Gasteiger partial charge on any atom is 0.236 e. The van der Waals surface area contributed by atoms with Crippen LogP contribution in [0.3, 0.4) is 0 Å². The Bertz CT molecular complexity index is 814. The number of rotatable bonds is 13. The normalized spacial score (nSPS) is 22.4. The standard InChI is InChI=1S/C27H43N3O5/c1-4-5-12-29(13-6-11-28(2)3)26(31)19-30-18-22(16-23(30)8-10-27-32-14-15-33-27)21-7-9-24-25(17-21)35-20-34-24/h7,9,17,22-23,27H,4-6,8,10-16,18-20H2,1-3H3/t22-,23+/m1/s1. The molecule has 3 heterocycles. The maximum absolute atomic E-state index is 13.5. The summed E-state index contributed by atoms with van der Waals surface area (Å²) >= 11 is 0. The molecule has 0 radical (unpaired) electrons. The van der Waals surface area contributed by atoms with Gasteiger partial charge < -0.3 is 28.7 Å². The lowest BCUT2D eigenvalue weighted by atomic mass is 9.94. The molecule has 35 heavy (non-hydrogen) atoms. The van der Waals surface area contributed by atoms with Gasteiger partial charge in [-0.3, -0.25) is 9.69 Å². The third kappa shape index (κ3) is 7.32. The Hall–Kier alpha value is -1.87. The number of carbonyl (C=O) groups excluding carboxylic acids is 1. The second-order valence-electron chi connectivity index (χ2n) is 10.3. The van der Waals surface area contributed by atoms with Crippen LogP contribution < -0.4 is 9.47 Å². The van der Waals surface area contributed by atoms with E-state index in [1.165, 1.54) is 5.56 Å². The van der Waals surface area contributed by atoms with E-state index in [1.807, 2.05) is 6.07 Å². The smallest absolute Gasteiger partial charge is 0.236 e. The number of nitrogens with zero attached hydrogens (tertiary/aromatic N) is 3. The number of hydrogen-bond donors (Lipinski definition) is 0. The van der Waals surface area contributed by atoms with Crippen molar-refractivity contribution in [2.24, 2.45) is 0 Å². The summed E-state index contributed by atoms with van der Waals surface area (Å²) in [7, 11) is 4.17. The molecule has 1 aromatic carbocycles. The van der Waals surface area contributed by atoms with Crippen LogP contribution >= 0.6 is 0 Å². The van der Waals surface area contributed by atoms with Gasteiger partial charge in [-0.25, -0.2) is 0 Å². The van der Waals surface area contributed by atoms with E-state index in [4.69, 9.17) is 18.9 Å². The molecule has 2 fully saturated rings. The summed E-state index contributed by atoms with van der Waals surface area (Å²) in [6.07, 6.45) is 5.89. The van der Waals surface area contributed by atoms with E-state index < -0.39 is 0 Å². The zero-order chi connectivity index (χ0) is 24.6. The molecular formula is C27H43N3O5. The van der Waals surface area contributed by atoms with Gasteiger partial charge in [-0.15, -0.1) is 0 Å². The first kappa shape index (κ1) is 26.2. The van der Waals surface area contributed by atoms with E-state index >= 15 is 0 Å². The summed E-state index contributed by atoms with van der Waals surface area (Å²) in [6.45, 7) is 7.84. The molecule has 0 saturated carbocycles. The van der Waals surface area contributed by atoms with Crippen molar-refractivity contribution in [3.8, 4) is 11.5 Å². The monoisotopic (exact) mass is 489 g/mol. The van der Waals surface area contributed by atoms with Crippen molar-refractivity contribution >= 4 is 5.91 Å². The van der Waals surface area contributed by atoms with Gasteiger partial charge in [0.1, 0.15) is 0 Å². The number of benzene rings is 1. The summed E-state index contributed by atoms with van der Waals surface area (Å²) in [5, 5.41) is 0. The highest BCUT2D eigenvalue weighted by Gasteiger charge is 2.36. The Morgan fingerprint density at radius 2 is 1.80 bits per heavy atom. The Morgan fingerprint density at radius 3 is 2.57 bits per heavy atom. The fourth-order valence-electron chi connectivity index (χ4n) is 5.35. The molecule has 1 amide bonds. The number of carbonyl (C=O) groups is 1. The molecule has 8 heteroatoms. The average Bonchev–Trinajstić information content (AvgIpc) is 3.60. The molecule has 4 rings (SSSR count). The number of ether oxygens (including phenoxy) is 4. The first-order valence-corrected chi connectivity index (χ1v) is 13.3. The SMILES string of the molecule is CCCCN(CCCN(C)C)C(=O)CN1C[C@H](c2ccc3c(c2)OCO3)C[C@@H]1CCC1OCCO1. The number of unbranched alkanes of at least 4 members (excludes halogenated alkanes) is 1. The van der Waals surface area contributed by atoms with E-state index in [0.717, 1.165) is 76.2 Å². The molecule has 1 aromatic rings. The van der Waals surface area contributed by atoms with Gasteiger partial charge in [-0.2, -0.15) is 0 Å². The van der Waals surface area contributed by atoms with Crippen LogP contribution in [0.5, 0.6) is 11.5 Å². The molecule has 0 N–H and O–H groups in total. The van der Waals surface area contributed by atoms with Crippen LogP contribution in [0.25, 0.3) is 0 Å². The van der Waals surface area contributed by atoms with E-state index in [0.29, 0.717) is 31.7 Å². The van der Waals surface area contributed by atoms with Gasteiger partial charge in [-0.1, -0.05) is 19.4 Å². The zero-order valence-corrected chi connectivity index (χ0v) is 21.7. The fourth-order valence-corrected chi connectivity index (χ4v) is 5.35. The zero-order valence-electron chi connectivity index (χ0n) is 21.7. The van der Waals surface area contributed by atoms with Gasteiger partial charge in [0.25, 0.3) is 0 Å². The molecule has 0 aliphatic carbocycles. The van der Waals surface area contributed by atoms with Gasteiger partial charge in [0.2, 0.25) is 12.7 Å². The number of hydrogen-bond acceptors (Lipinski definition) is 7. The Balaban J connectivity index is 1.41. The lowest BCUT2D eigenvalue weighted by Crippen LogP contribution is -2.43. The highest BCUT2D eigenvalue weighted by molar-refractivity contribution is 5.78. The second-order valence-corrected chi connectivity index (χ2v) is 10.3. The van der Waals surface area contributed by atoms with Crippen molar-refractivity contribution in [1.29, 1.82) is 0 Å². The molecule has 3 aliphatic heterocycles. The predicted molar refractivity (Wildman–Crippen MR) is 135 cm³/mol. The molecule has 2 saturated heterocycles. The minimum atomic E-state index is -0.107. The van der Waals surface area contributed by atoms with Crippen molar-refractivity contribution in [2.45, 2.75) is 63.7 Å². The molecule has 8 nitrogen and oxygen atoms in total. The van der Waals surface area contributed by atoms with Crippen molar-refractivity contribution < 1.29 is 23.7 Å². The van der Waals surface area contributed by atoms with Gasteiger partial charge in [0, 0.05) is 25.7 Å². The lowest BCUT2D eigenvalue weighted by molar-refractivity contribution is -0.133. The van der Waals surface area contributed by atoms with Crippen LogP contribution in [-0.4, -0.2) is 99.8 Å². The number of likely N-dealkylation sites (tertiary alicyclic amines) is 1. The summed E-state index contributed by atoms with van der Waals surface area (Å²) in [5.74, 6) is 2.26. The predicted octanol–water partition coefficient (Wildman–Crippen LogP) is 3.31. The van der Waals surface area contributed by atoms with Crippen LogP contribution in [0.15, 0.2) is 18.2 Å². The maximum atomic E-state index is 13.5. The van der Waals surface area contributed by atoms with Crippen LogP contribution in [0.4, 0.5) is 0 Å². The first-order chi connectivity index (χ1) is 17.0. The molecule has 3 aliphatic rings. The third-order valence-corrected chi connectivity index (χ3v) is 7.33. The third-order valence-electron chi connectivity index (χ3n) is 7.33. The van der Waals surface area contributed by atoms with E-state index in [-0.39, 0.29) is 19.0 Å². The quantitative estimate of drug-likeness (QED) is 0.421. The first-order valence-electron chi connectivity index (χ1n) is 13.3. The van der Waals surface area contributed by atoms with Crippen molar-refractivity contribution in [3.05, 3.63) is 23.8 Å². The van der Waals surface area contributed by atoms with Crippen molar-refractivity contribution in [3.63, 3.8) is 0 Å². The Labute approximate surface area is 210 Å². The molecule has 0 bridgehead atoms. The minimum absolute atomic E-state index is 0.107. The lowest BCUT2D eigenvalue weighted by Gasteiger charge is -2.29.